The summed E-state index contributed by atoms with van der Waals surface area (Å²) in [5, 5.41) is 0. The molecular formula is C14H29NO5. The molecule has 0 aromatic rings. The Labute approximate surface area is 121 Å². The molecule has 1 aliphatic rings. The maximum atomic E-state index is 6.21. The van der Waals surface area contributed by atoms with E-state index in [2.05, 4.69) is 0 Å². The Hall–Kier alpha value is -0.240. The quantitative estimate of drug-likeness (QED) is 0.681. The molecule has 1 unspecified atom stereocenters. The highest BCUT2D eigenvalue weighted by Gasteiger charge is 2.46. The van der Waals surface area contributed by atoms with Gasteiger partial charge in [0, 0.05) is 26.4 Å². The van der Waals surface area contributed by atoms with Gasteiger partial charge in [0.2, 0.25) is 0 Å². The summed E-state index contributed by atoms with van der Waals surface area (Å²) in [6.07, 6.45) is -1.21. The Balaban J connectivity index is 2.82. The molecular weight excluding hydrogens is 262 g/mol. The molecule has 120 valence electrons. The summed E-state index contributed by atoms with van der Waals surface area (Å²) in [6, 6.07) is -0.371. The van der Waals surface area contributed by atoms with Crippen molar-refractivity contribution in [2.45, 2.75) is 58.3 Å². The molecule has 0 spiro atoms. The standard InChI is InChI=1S/C14H29NO5/c1-5-16-9-10-12(17-6-2)13(18-7-3)11(15)14(20-10)19-8-4/h10-14H,5-9,15H2,1-4H3/t10-,11-,12-,13-,14?/m1/s1. The number of rotatable bonds is 9. The summed E-state index contributed by atoms with van der Waals surface area (Å²) in [4.78, 5) is 0. The van der Waals surface area contributed by atoms with E-state index in [4.69, 9.17) is 29.4 Å². The zero-order valence-corrected chi connectivity index (χ0v) is 13.0. The normalized spacial score (nSPS) is 34.4. The molecule has 1 saturated heterocycles. The largest absolute Gasteiger partial charge is 0.379 e. The predicted molar refractivity (Wildman–Crippen MR) is 75.6 cm³/mol. The van der Waals surface area contributed by atoms with E-state index in [-0.39, 0.29) is 24.4 Å². The van der Waals surface area contributed by atoms with Crippen molar-refractivity contribution in [3.05, 3.63) is 0 Å². The van der Waals surface area contributed by atoms with Crippen molar-refractivity contribution in [3.63, 3.8) is 0 Å². The predicted octanol–water partition coefficient (Wildman–Crippen LogP) is 0.922. The maximum Gasteiger partial charge on any atom is 0.175 e. The third-order valence-electron chi connectivity index (χ3n) is 3.23. The van der Waals surface area contributed by atoms with Crippen LogP contribution in [-0.4, -0.2) is 63.7 Å². The molecule has 0 amide bonds. The average Bonchev–Trinajstić information content (AvgIpc) is 2.44. The number of hydrogen-bond donors (Lipinski definition) is 1. The first-order chi connectivity index (χ1) is 9.69. The van der Waals surface area contributed by atoms with Crippen LogP contribution in [0.4, 0.5) is 0 Å². The van der Waals surface area contributed by atoms with Crippen molar-refractivity contribution < 1.29 is 23.7 Å². The fourth-order valence-electron chi connectivity index (χ4n) is 2.40. The molecule has 0 bridgehead atoms. The van der Waals surface area contributed by atoms with E-state index in [1.54, 1.807) is 0 Å². The Bertz CT molecular complexity index is 248. The van der Waals surface area contributed by atoms with Crippen molar-refractivity contribution >= 4 is 0 Å². The van der Waals surface area contributed by atoms with Gasteiger partial charge in [-0.1, -0.05) is 0 Å². The molecule has 6 nitrogen and oxygen atoms in total. The van der Waals surface area contributed by atoms with Gasteiger partial charge in [-0.05, 0) is 27.7 Å². The van der Waals surface area contributed by atoms with E-state index in [0.29, 0.717) is 33.0 Å². The highest BCUT2D eigenvalue weighted by molar-refractivity contribution is 4.94. The monoisotopic (exact) mass is 291 g/mol. The molecule has 0 aliphatic carbocycles. The van der Waals surface area contributed by atoms with E-state index >= 15 is 0 Å². The number of nitrogens with two attached hydrogens (primary N) is 1. The molecule has 5 atom stereocenters. The van der Waals surface area contributed by atoms with Crippen molar-refractivity contribution in [1.82, 2.24) is 0 Å². The second kappa shape index (κ2) is 9.65. The minimum absolute atomic E-state index is 0.234. The lowest BCUT2D eigenvalue weighted by Crippen LogP contribution is -2.64. The highest BCUT2D eigenvalue weighted by atomic mass is 16.7. The van der Waals surface area contributed by atoms with Crippen LogP contribution in [0.15, 0.2) is 0 Å². The Morgan fingerprint density at radius 3 is 2.00 bits per heavy atom. The van der Waals surface area contributed by atoms with Crippen LogP contribution in [0.25, 0.3) is 0 Å². The van der Waals surface area contributed by atoms with Gasteiger partial charge in [0.1, 0.15) is 18.3 Å². The molecule has 1 aliphatic heterocycles. The van der Waals surface area contributed by atoms with Crippen LogP contribution in [-0.2, 0) is 23.7 Å². The minimum atomic E-state index is -0.487. The van der Waals surface area contributed by atoms with Crippen LogP contribution < -0.4 is 5.73 Å². The smallest absolute Gasteiger partial charge is 0.175 e. The third kappa shape index (κ3) is 4.65. The second-order valence-corrected chi connectivity index (χ2v) is 4.57. The van der Waals surface area contributed by atoms with Crippen molar-refractivity contribution in [2.75, 3.05) is 33.0 Å². The summed E-state index contributed by atoms with van der Waals surface area (Å²) in [5.74, 6) is 0. The van der Waals surface area contributed by atoms with E-state index in [1.165, 1.54) is 0 Å². The van der Waals surface area contributed by atoms with Crippen LogP contribution in [0, 0.1) is 0 Å². The number of hydrogen-bond acceptors (Lipinski definition) is 6. The Kier molecular flexibility index (Phi) is 8.60. The fourth-order valence-corrected chi connectivity index (χ4v) is 2.40. The van der Waals surface area contributed by atoms with Crippen molar-refractivity contribution in [3.8, 4) is 0 Å². The molecule has 0 saturated carbocycles. The molecule has 0 aromatic heterocycles. The third-order valence-corrected chi connectivity index (χ3v) is 3.23. The van der Waals surface area contributed by atoms with Gasteiger partial charge in [0.15, 0.2) is 6.29 Å². The zero-order chi connectivity index (χ0) is 15.0. The van der Waals surface area contributed by atoms with Gasteiger partial charge in [-0.2, -0.15) is 0 Å². The molecule has 1 heterocycles. The minimum Gasteiger partial charge on any atom is -0.379 e. The summed E-state index contributed by atoms with van der Waals surface area (Å²) >= 11 is 0. The lowest BCUT2D eigenvalue weighted by atomic mass is 9.97. The number of ether oxygens (including phenoxy) is 5. The van der Waals surface area contributed by atoms with Gasteiger partial charge in [-0.15, -0.1) is 0 Å². The lowest BCUT2D eigenvalue weighted by molar-refractivity contribution is -0.280. The Morgan fingerprint density at radius 2 is 1.45 bits per heavy atom. The van der Waals surface area contributed by atoms with Crippen molar-refractivity contribution in [2.24, 2.45) is 5.73 Å². The van der Waals surface area contributed by atoms with Crippen LogP contribution in [0.5, 0.6) is 0 Å². The molecule has 1 fully saturated rings. The lowest BCUT2D eigenvalue weighted by Gasteiger charge is -2.44. The zero-order valence-electron chi connectivity index (χ0n) is 13.0. The van der Waals surface area contributed by atoms with Crippen LogP contribution in [0.2, 0.25) is 0 Å². The molecule has 1 rings (SSSR count). The first kappa shape index (κ1) is 17.8. The SMILES string of the molecule is CCOC[C@H]1OC(OCC)[C@H](N)[C@@H](OCC)[C@@H]1OCC. The van der Waals surface area contributed by atoms with E-state index in [9.17, 15) is 0 Å². The maximum absolute atomic E-state index is 6.21. The van der Waals surface area contributed by atoms with Gasteiger partial charge in [-0.3, -0.25) is 0 Å². The molecule has 0 aromatic carbocycles. The van der Waals surface area contributed by atoms with Gasteiger partial charge >= 0.3 is 0 Å². The van der Waals surface area contributed by atoms with Crippen molar-refractivity contribution in [1.29, 1.82) is 0 Å². The molecule has 0 radical (unpaired) electrons. The summed E-state index contributed by atoms with van der Waals surface area (Å²) < 4.78 is 28.5. The van der Waals surface area contributed by atoms with Gasteiger partial charge in [0.05, 0.1) is 12.6 Å². The topological polar surface area (TPSA) is 72.2 Å². The highest BCUT2D eigenvalue weighted by Crippen LogP contribution is 2.26. The van der Waals surface area contributed by atoms with E-state index < -0.39 is 6.29 Å². The molecule has 20 heavy (non-hydrogen) atoms. The first-order valence-corrected chi connectivity index (χ1v) is 7.53. The summed E-state index contributed by atoms with van der Waals surface area (Å²) in [7, 11) is 0. The molecule has 6 heteroatoms. The van der Waals surface area contributed by atoms with Gasteiger partial charge in [-0.25, -0.2) is 0 Å². The summed E-state index contributed by atoms with van der Waals surface area (Å²) in [6.45, 7) is 10.5. The van der Waals surface area contributed by atoms with Crippen LogP contribution >= 0.6 is 0 Å². The van der Waals surface area contributed by atoms with E-state index in [1.807, 2.05) is 27.7 Å². The van der Waals surface area contributed by atoms with Crippen LogP contribution in [0.1, 0.15) is 27.7 Å². The Morgan fingerprint density at radius 1 is 0.850 bits per heavy atom. The van der Waals surface area contributed by atoms with Gasteiger partial charge < -0.3 is 29.4 Å². The van der Waals surface area contributed by atoms with E-state index in [0.717, 1.165) is 0 Å². The summed E-state index contributed by atoms with van der Waals surface area (Å²) in [5.41, 5.74) is 6.21. The van der Waals surface area contributed by atoms with Gasteiger partial charge in [0.25, 0.3) is 0 Å². The fraction of sp³-hybridized carbons (Fsp3) is 1.00. The molecule has 2 N–H and O–H groups in total. The average molecular weight is 291 g/mol. The second-order valence-electron chi connectivity index (χ2n) is 4.57. The van der Waals surface area contributed by atoms with Crippen LogP contribution in [0.3, 0.4) is 0 Å². The first-order valence-electron chi connectivity index (χ1n) is 7.53.